The summed E-state index contributed by atoms with van der Waals surface area (Å²) in [5.74, 6) is 2.36. The molecule has 0 fully saturated rings. The predicted molar refractivity (Wildman–Crippen MR) is 66.2 cm³/mol. The zero-order valence-electron chi connectivity index (χ0n) is 8.42. The van der Waals surface area contributed by atoms with Gasteiger partial charge in [-0.3, -0.25) is 0 Å². The van der Waals surface area contributed by atoms with E-state index in [1.807, 2.05) is 30.0 Å². The lowest BCUT2D eigenvalue weighted by Crippen LogP contribution is -2.16. The van der Waals surface area contributed by atoms with E-state index in [2.05, 4.69) is 18.3 Å². The molecule has 0 amide bonds. The molecule has 0 aromatic heterocycles. The van der Waals surface area contributed by atoms with E-state index in [1.54, 1.807) is 0 Å². The summed E-state index contributed by atoms with van der Waals surface area (Å²) in [5, 5.41) is 4.22. The standard InChI is InChI=1S/C11H16ClNS/c1-2-14-8-7-13-9-10-5-3-4-6-11(10)12/h3-6,13H,2,7-9H2,1H3. The van der Waals surface area contributed by atoms with Crippen molar-refractivity contribution in [1.29, 1.82) is 0 Å². The number of benzene rings is 1. The molecule has 0 saturated heterocycles. The Morgan fingerprint density at radius 1 is 1.36 bits per heavy atom. The molecule has 0 heterocycles. The van der Waals surface area contributed by atoms with Crippen molar-refractivity contribution >= 4 is 23.4 Å². The normalized spacial score (nSPS) is 10.4. The van der Waals surface area contributed by atoms with Crippen LogP contribution in [0, 0.1) is 0 Å². The molecule has 0 saturated carbocycles. The van der Waals surface area contributed by atoms with E-state index in [0.717, 1.165) is 18.1 Å². The lowest BCUT2D eigenvalue weighted by molar-refractivity contribution is 0.732. The minimum atomic E-state index is 0.850. The molecule has 1 nitrogen and oxygen atoms in total. The lowest BCUT2D eigenvalue weighted by Gasteiger charge is -2.05. The van der Waals surface area contributed by atoms with Crippen LogP contribution >= 0.6 is 23.4 Å². The molecule has 78 valence electrons. The van der Waals surface area contributed by atoms with Crippen LogP contribution in [0.25, 0.3) is 0 Å². The number of rotatable bonds is 6. The van der Waals surface area contributed by atoms with Gasteiger partial charge in [-0.15, -0.1) is 0 Å². The van der Waals surface area contributed by atoms with E-state index in [1.165, 1.54) is 17.1 Å². The van der Waals surface area contributed by atoms with Gasteiger partial charge in [0.05, 0.1) is 0 Å². The van der Waals surface area contributed by atoms with Crippen molar-refractivity contribution in [3.8, 4) is 0 Å². The molecule has 0 aliphatic carbocycles. The van der Waals surface area contributed by atoms with Gasteiger partial charge in [0.25, 0.3) is 0 Å². The zero-order valence-corrected chi connectivity index (χ0v) is 10.00. The van der Waals surface area contributed by atoms with Crippen molar-refractivity contribution in [3.05, 3.63) is 34.9 Å². The fourth-order valence-electron chi connectivity index (χ4n) is 1.15. The summed E-state index contributed by atoms with van der Waals surface area (Å²) in [6.45, 7) is 4.09. The smallest absolute Gasteiger partial charge is 0.0450 e. The molecule has 1 aromatic carbocycles. The maximum absolute atomic E-state index is 6.02. The van der Waals surface area contributed by atoms with Crippen molar-refractivity contribution in [2.24, 2.45) is 0 Å². The van der Waals surface area contributed by atoms with Gasteiger partial charge in [-0.05, 0) is 17.4 Å². The maximum Gasteiger partial charge on any atom is 0.0450 e. The fourth-order valence-corrected chi connectivity index (χ4v) is 1.93. The van der Waals surface area contributed by atoms with Gasteiger partial charge >= 0.3 is 0 Å². The topological polar surface area (TPSA) is 12.0 Å². The number of thioether (sulfide) groups is 1. The molecule has 0 radical (unpaired) electrons. The van der Waals surface area contributed by atoms with Crippen molar-refractivity contribution < 1.29 is 0 Å². The molecule has 1 rings (SSSR count). The summed E-state index contributed by atoms with van der Waals surface area (Å²) in [6.07, 6.45) is 0. The molecule has 0 aliphatic rings. The molecule has 0 atom stereocenters. The van der Waals surface area contributed by atoms with Gasteiger partial charge in [0.1, 0.15) is 0 Å². The largest absolute Gasteiger partial charge is 0.312 e. The average molecular weight is 230 g/mol. The first kappa shape index (κ1) is 11.9. The minimum Gasteiger partial charge on any atom is -0.312 e. The molecule has 0 bridgehead atoms. The van der Waals surface area contributed by atoms with Gasteiger partial charge in [-0.2, -0.15) is 11.8 Å². The van der Waals surface area contributed by atoms with Crippen LogP contribution < -0.4 is 5.32 Å². The quantitative estimate of drug-likeness (QED) is 0.752. The highest BCUT2D eigenvalue weighted by Gasteiger charge is 1.96. The number of hydrogen-bond acceptors (Lipinski definition) is 2. The van der Waals surface area contributed by atoms with E-state index in [9.17, 15) is 0 Å². The first-order valence-electron chi connectivity index (χ1n) is 4.86. The fraction of sp³-hybridized carbons (Fsp3) is 0.455. The molecule has 1 aromatic rings. The van der Waals surface area contributed by atoms with E-state index < -0.39 is 0 Å². The number of halogens is 1. The molecule has 0 aliphatic heterocycles. The van der Waals surface area contributed by atoms with Gasteiger partial charge in [-0.25, -0.2) is 0 Å². The van der Waals surface area contributed by atoms with Crippen molar-refractivity contribution in [2.75, 3.05) is 18.1 Å². The Labute approximate surface area is 95.2 Å². The van der Waals surface area contributed by atoms with Crippen LogP contribution in [0.2, 0.25) is 5.02 Å². The van der Waals surface area contributed by atoms with Gasteiger partial charge < -0.3 is 5.32 Å². The monoisotopic (exact) mass is 229 g/mol. The Kier molecular flexibility index (Phi) is 6.08. The average Bonchev–Trinajstić information content (AvgIpc) is 2.20. The summed E-state index contributed by atoms with van der Waals surface area (Å²) in [4.78, 5) is 0. The van der Waals surface area contributed by atoms with Crippen molar-refractivity contribution in [2.45, 2.75) is 13.5 Å². The second kappa shape index (κ2) is 7.16. The van der Waals surface area contributed by atoms with Crippen molar-refractivity contribution in [3.63, 3.8) is 0 Å². The van der Waals surface area contributed by atoms with E-state index in [-0.39, 0.29) is 0 Å². The van der Waals surface area contributed by atoms with Gasteiger partial charge in [0.2, 0.25) is 0 Å². The third-order valence-corrected chi connectivity index (χ3v) is 3.17. The summed E-state index contributed by atoms with van der Waals surface area (Å²) < 4.78 is 0. The van der Waals surface area contributed by atoms with E-state index in [4.69, 9.17) is 11.6 Å². The Balaban J connectivity index is 2.21. The van der Waals surface area contributed by atoms with Crippen molar-refractivity contribution in [1.82, 2.24) is 5.32 Å². The second-order valence-corrected chi connectivity index (χ2v) is 4.77. The Bertz CT molecular complexity index is 265. The maximum atomic E-state index is 6.02. The minimum absolute atomic E-state index is 0.850. The van der Waals surface area contributed by atoms with Gasteiger partial charge in [0.15, 0.2) is 0 Å². The molecule has 3 heteroatoms. The van der Waals surface area contributed by atoms with Crippen LogP contribution in [-0.4, -0.2) is 18.1 Å². The summed E-state index contributed by atoms with van der Waals surface area (Å²) in [5.41, 5.74) is 1.18. The lowest BCUT2D eigenvalue weighted by atomic mass is 10.2. The SMILES string of the molecule is CCSCCNCc1ccccc1Cl. The van der Waals surface area contributed by atoms with Crippen LogP contribution in [0.15, 0.2) is 24.3 Å². The Morgan fingerprint density at radius 2 is 2.14 bits per heavy atom. The van der Waals surface area contributed by atoms with Crippen LogP contribution in [0.3, 0.4) is 0 Å². The highest BCUT2D eigenvalue weighted by Crippen LogP contribution is 2.14. The van der Waals surface area contributed by atoms with E-state index >= 15 is 0 Å². The summed E-state index contributed by atoms with van der Waals surface area (Å²) >= 11 is 7.97. The highest BCUT2D eigenvalue weighted by atomic mass is 35.5. The predicted octanol–water partition coefficient (Wildman–Crippen LogP) is 3.18. The first-order valence-corrected chi connectivity index (χ1v) is 6.39. The van der Waals surface area contributed by atoms with E-state index in [0.29, 0.717) is 0 Å². The van der Waals surface area contributed by atoms with Crippen LogP contribution in [0.1, 0.15) is 12.5 Å². The van der Waals surface area contributed by atoms with Gasteiger partial charge in [0, 0.05) is 23.9 Å². The summed E-state index contributed by atoms with van der Waals surface area (Å²) in [7, 11) is 0. The zero-order chi connectivity index (χ0) is 10.2. The number of hydrogen-bond donors (Lipinski definition) is 1. The van der Waals surface area contributed by atoms with Crippen LogP contribution in [0.5, 0.6) is 0 Å². The third-order valence-electron chi connectivity index (χ3n) is 1.90. The Morgan fingerprint density at radius 3 is 2.86 bits per heavy atom. The first-order chi connectivity index (χ1) is 6.84. The molecule has 0 unspecified atom stereocenters. The Hall–Kier alpha value is -0.180. The third kappa shape index (κ3) is 4.36. The number of nitrogens with one attached hydrogen (secondary N) is 1. The van der Waals surface area contributed by atoms with Crippen LogP contribution in [0.4, 0.5) is 0 Å². The molecular formula is C11H16ClNS. The highest BCUT2D eigenvalue weighted by molar-refractivity contribution is 7.99. The second-order valence-electron chi connectivity index (χ2n) is 2.97. The van der Waals surface area contributed by atoms with Crippen LogP contribution in [-0.2, 0) is 6.54 Å². The van der Waals surface area contributed by atoms with Gasteiger partial charge in [-0.1, -0.05) is 36.7 Å². The molecular weight excluding hydrogens is 214 g/mol. The molecule has 14 heavy (non-hydrogen) atoms. The molecule has 0 spiro atoms. The molecule has 1 N–H and O–H groups in total. The summed E-state index contributed by atoms with van der Waals surface area (Å²) in [6, 6.07) is 7.96.